The molecule has 30 heavy (non-hydrogen) atoms. The highest BCUT2D eigenvalue weighted by Gasteiger charge is 2.27. The Morgan fingerprint density at radius 3 is 2.60 bits per heavy atom. The molecule has 1 fully saturated rings. The number of aryl methyl sites for hydroxylation is 1. The predicted molar refractivity (Wildman–Crippen MR) is 120 cm³/mol. The van der Waals surface area contributed by atoms with Gasteiger partial charge in [0.25, 0.3) is 0 Å². The Morgan fingerprint density at radius 2 is 1.90 bits per heavy atom. The van der Waals surface area contributed by atoms with Crippen molar-refractivity contribution in [2.75, 3.05) is 45.2 Å². The molecular weight excluding hydrogens is 470 g/mol. The van der Waals surface area contributed by atoms with Crippen molar-refractivity contribution in [1.82, 2.24) is 9.21 Å². The van der Waals surface area contributed by atoms with Crippen LogP contribution in [0.1, 0.15) is 11.1 Å². The fourth-order valence-corrected chi connectivity index (χ4v) is 5.09. The summed E-state index contributed by atoms with van der Waals surface area (Å²) >= 11 is 3.52. The lowest BCUT2D eigenvalue weighted by Gasteiger charge is -2.26. The van der Waals surface area contributed by atoms with Gasteiger partial charge in [-0.2, -0.15) is 4.31 Å². The monoisotopic (exact) mass is 495 g/mol. The molecule has 0 aromatic heterocycles. The largest absolute Gasteiger partial charge is 0.379 e. The fraction of sp³-hybridized carbons (Fsp3) is 0.381. The zero-order chi connectivity index (χ0) is 21.7. The van der Waals surface area contributed by atoms with E-state index < -0.39 is 10.0 Å². The summed E-state index contributed by atoms with van der Waals surface area (Å²) in [5.41, 5.74) is 2.39. The van der Waals surface area contributed by atoms with Crippen LogP contribution < -0.4 is 5.32 Å². The Morgan fingerprint density at radius 1 is 1.20 bits per heavy atom. The molecule has 0 bridgehead atoms. The number of hydrogen-bond donors (Lipinski definition) is 1. The number of amides is 1. The van der Waals surface area contributed by atoms with Gasteiger partial charge in [0.1, 0.15) is 0 Å². The van der Waals surface area contributed by atoms with Crippen LogP contribution in [0.15, 0.2) is 51.8 Å². The van der Waals surface area contributed by atoms with Crippen molar-refractivity contribution in [3.63, 3.8) is 0 Å². The van der Waals surface area contributed by atoms with Crippen molar-refractivity contribution in [3.05, 3.63) is 58.1 Å². The lowest BCUT2D eigenvalue weighted by molar-refractivity contribution is -0.117. The number of anilines is 1. The number of carbonyl (C=O) groups excluding carboxylic acids is 1. The van der Waals surface area contributed by atoms with Gasteiger partial charge in [-0.1, -0.05) is 40.2 Å². The van der Waals surface area contributed by atoms with Crippen LogP contribution >= 0.6 is 15.9 Å². The lowest BCUT2D eigenvalue weighted by atomic mass is 10.2. The summed E-state index contributed by atoms with van der Waals surface area (Å²) in [6.45, 7) is 4.07. The first kappa shape index (κ1) is 22.9. The van der Waals surface area contributed by atoms with Crippen LogP contribution in [0.3, 0.4) is 0 Å². The predicted octanol–water partition coefficient (Wildman–Crippen LogP) is 2.85. The number of halogens is 1. The zero-order valence-electron chi connectivity index (χ0n) is 17.1. The van der Waals surface area contributed by atoms with E-state index in [2.05, 4.69) is 21.2 Å². The van der Waals surface area contributed by atoms with Crippen LogP contribution in [0.2, 0.25) is 0 Å². The van der Waals surface area contributed by atoms with E-state index in [1.807, 2.05) is 43.1 Å². The quantitative estimate of drug-likeness (QED) is 0.638. The van der Waals surface area contributed by atoms with Crippen LogP contribution in [0.25, 0.3) is 0 Å². The van der Waals surface area contributed by atoms with Crippen LogP contribution in [0.4, 0.5) is 5.69 Å². The van der Waals surface area contributed by atoms with E-state index in [0.717, 1.165) is 15.6 Å². The highest BCUT2D eigenvalue weighted by Crippen LogP contribution is 2.24. The molecule has 3 rings (SSSR count). The highest BCUT2D eigenvalue weighted by atomic mass is 79.9. The van der Waals surface area contributed by atoms with Crippen molar-refractivity contribution in [2.24, 2.45) is 0 Å². The minimum atomic E-state index is -3.62. The van der Waals surface area contributed by atoms with Gasteiger partial charge < -0.3 is 10.1 Å². The number of rotatable bonds is 7. The van der Waals surface area contributed by atoms with E-state index in [9.17, 15) is 13.2 Å². The number of likely N-dealkylation sites (N-methyl/N-ethyl adjacent to an activating group) is 1. The maximum Gasteiger partial charge on any atom is 0.243 e. The fourth-order valence-electron chi connectivity index (χ4n) is 3.24. The van der Waals surface area contributed by atoms with Gasteiger partial charge in [-0.15, -0.1) is 0 Å². The van der Waals surface area contributed by atoms with Gasteiger partial charge in [-0.25, -0.2) is 8.42 Å². The topological polar surface area (TPSA) is 79.0 Å². The Hall–Kier alpha value is -1.78. The third kappa shape index (κ3) is 5.67. The molecule has 1 heterocycles. The maximum absolute atomic E-state index is 12.9. The van der Waals surface area contributed by atoms with Crippen LogP contribution in [-0.2, 0) is 26.1 Å². The third-order valence-electron chi connectivity index (χ3n) is 4.90. The molecule has 2 aromatic rings. The third-order valence-corrected chi connectivity index (χ3v) is 7.57. The summed E-state index contributed by atoms with van der Waals surface area (Å²) in [5.74, 6) is -0.200. The van der Waals surface area contributed by atoms with Gasteiger partial charge in [0.2, 0.25) is 15.9 Å². The normalized spacial score (nSPS) is 15.3. The van der Waals surface area contributed by atoms with Crippen LogP contribution in [0.5, 0.6) is 0 Å². The van der Waals surface area contributed by atoms with Gasteiger partial charge >= 0.3 is 0 Å². The summed E-state index contributed by atoms with van der Waals surface area (Å²) in [6.07, 6.45) is 0. The average molecular weight is 496 g/mol. The first-order valence-electron chi connectivity index (χ1n) is 9.68. The average Bonchev–Trinajstić information content (AvgIpc) is 2.72. The van der Waals surface area contributed by atoms with Crippen molar-refractivity contribution in [1.29, 1.82) is 0 Å². The summed E-state index contributed by atoms with van der Waals surface area (Å²) in [5, 5.41) is 2.86. The molecule has 162 valence electrons. The molecule has 0 aliphatic carbocycles. The molecule has 1 aliphatic rings. The second-order valence-corrected chi connectivity index (χ2v) is 10.1. The molecule has 1 aliphatic heterocycles. The van der Waals surface area contributed by atoms with Gasteiger partial charge in [0.05, 0.1) is 24.7 Å². The van der Waals surface area contributed by atoms with E-state index in [0.29, 0.717) is 38.5 Å². The molecule has 0 unspecified atom stereocenters. The zero-order valence-corrected chi connectivity index (χ0v) is 19.5. The molecule has 0 atom stereocenters. The number of carbonyl (C=O) groups is 1. The van der Waals surface area contributed by atoms with E-state index in [-0.39, 0.29) is 17.3 Å². The molecule has 1 saturated heterocycles. The Balaban J connectivity index is 1.68. The number of morpholine rings is 1. The molecule has 0 saturated carbocycles. The Bertz CT molecular complexity index is 1010. The summed E-state index contributed by atoms with van der Waals surface area (Å²) in [4.78, 5) is 14.6. The van der Waals surface area contributed by atoms with E-state index in [1.54, 1.807) is 12.1 Å². The molecule has 9 heteroatoms. The molecule has 7 nitrogen and oxygen atoms in total. The second-order valence-electron chi connectivity index (χ2n) is 7.31. The first-order chi connectivity index (χ1) is 14.3. The molecule has 2 aromatic carbocycles. The summed E-state index contributed by atoms with van der Waals surface area (Å²) in [6, 6.07) is 12.7. The maximum atomic E-state index is 12.9. The van der Waals surface area contributed by atoms with Crippen molar-refractivity contribution < 1.29 is 17.9 Å². The van der Waals surface area contributed by atoms with E-state index in [4.69, 9.17) is 4.74 Å². The number of nitrogens with one attached hydrogen (secondary N) is 1. The lowest BCUT2D eigenvalue weighted by Crippen LogP contribution is -2.40. The number of sulfonamides is 1. The van der Waals surface area contributed by atoms with Crippen LogP contribution in [-0.4, -0.2) is 63.4 Å². The summed E-state index contributed by atoms with van der Waals surface area (Å²) < 4.78 is 33.4. The first-order valence-corrected chi connectivity index (χ1v) is 11.9. The second kappa shape index (κ2) is 10.0. The standard InChI is InChI=1S/C21H26BrN3O4S/c1-16-7-8-18(30(27,28)25-9-11-29-12-10-25)13-20(16)23-21(26)15-24(2)14-17-5-3-4-6-19(17)22/h3-8,13H,9-12,14-15H2,1-2H3,(H,23,26). The number of ether oxygens (including phenoxy) is 1. The molecule has 0 radical (unpaired) electrons. The van der Waals surface area contributed by atoms with Gasteiger partial charge in [-0.05, 0) is 43.3 Å². The highest BCUT2D eigenvalue weighted by molar-refractivity contribution is 9.10. The molecule has 0 spiro atoms. The molecule has 1 amide bonds. The number of hydrogen-bond acceptors (Lipinski definition) is 5. The van der Waals surface area contributed by atoms with E-state index >= 15 is 0 Å². The number of nitrogens with zero attached hydrogens (tertiary/aromatic N) is 2. The molecule has 1 N–H and O–H groups in total. The van der Waals surface area contributed by atoms with Crippen LogP contribution in [0, 0.1) is 6.92 Å². The summed E-state index contributed by atoms with van der Waals surface area (Å²) in [7, 11) is -1.75. The Kier molecular flexibility index (Phi) is 7.65. The number of benzene rings is 2. The molecular formula is C21H26BrN3O4S. The smallest absolute Gasteiger partial charge is 0.243 e. The Labute approximate surface area is 186 Å². The van der Waals surface area contributed by atoms with Gasteiger partial charge in [-0.3, -0.25) is 9.69 Å². The minimum Gasteiger partial charge on any atom is -0.379 e. The van der Waals surface area contributed by atoms with Crippen molar-refractivity contribution in [3.8, 4) is 0 Å². The minimum absolute atomic E-state index is 0.173. The van der Waals surface area contributed by atoms with E-state index in [1.165, 1.54) is 10.4 Å². The van der Waals surface area contributed by atoms with Gasteiger partial charge in [0.15, 0.2) is 0 Å². The van der Waals surface area contributed by atoms with Gasteiger partial charge in [0, 0.05) is 29.8 Å². The van der Waals surface area contributed by atoms with Crippen molar-refractivity contribution >= 4 is 37.5 Å². The SMILES string of the molecule is Cc1ccc(S(=O)(=O)N2CCOCC2)cc1NC(=O)CN(C)Cc1ccccc1Br. The van der Waals surface area contributed by atoms with Crippen molar-refractivity contribution in [2.45, 2.75) is 18.4 Å².